The van der Waals surface area contributed by atoms with Gasteiger partial charge in [-0.25, -0.2) is 0 Å². The van der Waals surface area contributed by atoms with Gasteiger partial charge in [-0.05, 0) is 67.1 Å². The van der Waals surface area contributed by atoms with Crippen molar-refractivity contribution in [1.82, 2.24) is 4.90 Å². The summed E-state index contributed by atoms with van der Waals surface area (Å²) in [6, 6.07) is 8.96. The number of furan rings is 1. The minimum atomic E-state index is -2.93. The number of amides is 1. The van der Waals surface area contributed by atoms with Gasteiger partial charge in [0, 0.05) is 24.5 Å². The summed E-state index contributed by atoms with van der Waals surface area (Å²) >= 11 is 0. The van der Waals surface area contributed by atoms with Gasteiger partial charge in [0.25, 0.3) is 0 Å². The number of benzene rings is 2. The minimum absolute atomic E-state index is 0.0213. The molecule has 3 aromatic rings. The second-order valence-electron chi connectivity index (χ2n) is 7.75. The van der Waals surface area contributed by atoms with Crippen LogP contribution in [-0.2, 0) is 30.6 Å². The van der Waals surface area contributed by atoms with Crippen LogP contribution in [0.5, 0.6) is 11.5 Å². The number of nitrogens with zero attached hydrogens (tertiary/aromatic N) is 1. The SMILES string of the molecule is CCOc1cc(CN(C)C(=O)Cc2coc3cc4c(cc23)CCC4)ccc1OC(F)F. The van der Waals surface area contributed by atoms with Crippen molar-refractivity contribution < 1.29 is 27.5 Å². The van der Waals surface area contributed by atoms with E-state index in [-0.39, 0.29) is 23.8 Å². The Hall–Kier alpha value is -3.09. The van der Waals surface area contributed by atoms with Crippen molar-refractivity contribution in [2.24, 2.45) is 0 Å². The normalized spacial score (nSPS) is 12.9. The summed E-state index contributed by atoms with van der Waals surface area (Å²) in [7, 11) is 1.71. The zero-order chi connectivity index (χ0) is 22.0. The summed E-state index contributed by atoms with van der Waals surface area (Å²) in [5.74, 6) is 0.150. The molecule has 0 spiro atoms. The Balaban J connectivity index is 1.46. The monoisotopic (exact) mass is 429 g/mol. The van der Waals surface area contributed by atoms with Crippen LogP contribution in [0.1, 0.15) is 35.6 Å². The maximum atomic E-state index is 12.8. The first kappa shape index (κ1) is 21.2. The summed E-state index contributed by atoms with van der Waals surface area (Å²) in [4.78, 5) is 14.4. The van der Waals surface area contributed by atoms with E-state index in [9.17, 15) is 13.6 Å². The first-order valence-electron chi connectivity index (χ1n) is 10.4. The molecule has 31 heavy (non-hydrogen) atoms. The van der Waals surface area contributed by atoms with Crippen LogP contribution in [0.3, 0.4) is 0 Å². The van der Waals surface area contributed by atoms with Gasteiger partial charge >= 0.3 is 6.61 Å². The van der Waals surface area contributed by atoms with Gasteiger partial charge < -0.3 is 18.8 Å². The fourth-order valence-electron chi connectivity index (χ4n) is 4.06. The Kier molecular flexibility index (Phi) is 6.11. The highest BCUT2D eigenvalue weighted by Crippen LogP contribution is 2.32. The second-order valence-corrected chi connectivity index (χ2v) is 7.75. The molecule has 1 aromatic heterocycles. The van der Waals surface area contributed by atoms with Crippen molar-refractivity contribution in [3.63, 3.8) is 0 Å². The second kappa shape index (κ2) is 8.96. The van der Waals surface area contributed by atoms with Crippen molar-refractivity contribution in [1.29, 1.82) is 0 Å². The third-order valence-electron chi connectivity index (χ3n) is 5.58. The molecule has 164 valence electrons. The van der Waals surface area contributed by atoms with E-state index in [1.54, 1.807) is 37.3 Å². The van der Waals surface area contributed by atoms with E-state index in [4.69, 9.17) is 9.15 Å². The maximum absolute atomic E-state index is 12.8. The van der Waals surface area contributed by atoms with Gasteiger partial charge in [-0.1, -0.05) is 6.07 Å². The van der Waals surface area contributed by atoms with Crippen LogP contribution in [0, 0.1) is 0 Å². The zero-order valence-electron chi connectivity index (χ0n) is 17.6. The van der Waals surface area contributed by atoms with Gasteiger partial charge in [0.15, 0.2) is 11.5 Å². The molecule has 0 radical (unpaired) electrons. The van der Waals surface area contributed by atoms with Crippen molar-refractivity contribution >= 4 is 16.9 Å². The standard InChI is InChI=1S/C24H25F2NO4/c1-3-29-22-9-15(7-8-20(22)31-24(25)26)13-27(2)23(28)12-18-14-30-21-11-17-6-4-5-16(17)10-19(18)21/h7-11,14,24H,3-6,12-13H2,1-2H3. The highest BCUT2D eigenvalue weighted by Gasteiger charge is 2.19. The zero-order valence-corrected chi connectivity index (χ0v) is 17.6. The number of carbonyl (C=O) groups is 1. The number of halogens is 2. The molecule has 0 aliphatic heterocycles. The van der Waals surface area contributed by atoms with E-state index >= 15 is 0 Å². The van der Waals surface area contributed by atoms with Gasteiger partial charge in [-0.3, -0.25) is 4.79 Å². The summed E-state index contributed by atoms with van der Waals surface area (Å²) in [6.07, 6.45) is 5.19. The fraction of sp³-hybridized carbons (Fsp3) is 0.375. The van der Waals surface area contributed by atoms with Crippen LogP contribution in [0.4, 0.5) is 8.78 Å². The average Bonchev–Trinajstić information content (AvgIpc) is 3.34. The number of fused-ring (bicyclic) bond motifs is 2. The molecule has 1 aliphatic carbocycles. The molecule has 0 saturated carbocycles. The largest absolute Gasteiger partial charge is 0.490 e. The topological polar surface area (TPSA) is 51.9 Å². The number of carbonyl (C=O) groups excluding carboxylic acids is 1. The first-order valence-corrected chi connectivity index (χ1v) is 10.4. The number of likely N-dealkylation sites (N-methyl/N-ethyl adjacent to an activating group) is 1. The number of rotatable bonds is 8. The molecule has 0 atom stereocenters. The molecule has 1 heterocycles. The van der Waals surface area contributed by atoms with Crippen molar-refractivity contribution in [2.75, 3.05) is 13.7 Å². The van der Waals surface area contributed by atoms with Crippen LogP contribution in [-0.4, -0.2) is 31.1 Å². The molecule has 0 saturated heterocycles. The number of alkyl halides is 2. The van der Waals surface area contributed by atoms with Crippen LogP contribution in [0.2, 0.25) is 0 Å². The molecule has 2 aromatic carbocycles. The summed E-state index contributed by atoms with van der Waals surface area (Å²) in [5.41, 5.74) is 5.13. The van der Waals surface area contributed by atoms with E-state index in [0.717, 1.165) is 41.4 Å². The van der Waals surface area contributed by atoms with Crippen LogP contribution in [0.25, 0.3) is 11.0 Å². The molecule has 4 rings (SSSR count). The maximum Gasteiger partial charge on any atom is 0.387 e. The predicted molar refractivity (Wildman–Crippen MR) is 113 cm³/mol. The van der Waals surface area contributed by atoms with Crippen molar-refractivity contribution in [3.05, 3.63) is 58.8 Å². The molecular formula is C24H25F2NO4. The third kappa shape index (κ3) is 4.65. The van der Waals surface area contributed by atoms with E-state index in [1.807, 2.05) is 0 Å². The van der Waals surface area contributed by atoms with Crippen LogP contribution in [0.15, 0.2) is 41.0 Å². The molecular weight excluding hydrogens is 404 g/mol. The summed E-state index contributed by atoms with van der Waals surface area (Å²) in [5, 5.41) is 0.995. The fourth-order valence-corrected chi connectivity index (χ4v) is 4.06. The summed E-state index contributed by atoms with van der Waals surface area (Å²) < 4.78 is 40.8. The van der Waals surface area contributed by atoms with E-state index in [1.165, 1.54) is 17.2 Å². The minimum Gasteiger partial charge on any atom is -0.490 e. The quantitative estimate of drug-likeness (QED) is 0.499. The predicted octanol–water partition coefficient (Wildman–Crippen LogP) is 5.12. The lowest BCUT2D eigenvalue weighted by molar-refractivity contribution is -0.129. The number of hydrogen-bond donors (Lipinski definition) is 0. The number of ether oxygens (including phenoxy) is 2. The van der Waals surface area contributed by atoms with Crippen molar-refractivity contribution in [2.45, 2.75) is 45.8 Å². The molecule has 0 bridgehead atoms. The van der Waals surface area contributed by atoms with Crippen LogP contribution < -0.4 is 9.47 Å². The molecule has 0 fully saturated rings. The van der Waals surface area contributed by atoms with E-state index in [0.29, 0.717) is 13.2 Å². The first-order chi connectivity index (χ1) is 14.9. The van der Waals surface area contributed by atoms with Gasteiger partial charge in [-0.15, -0.1) is 0 Å². The molecule has 0 unspecified atom stereocenters. The van der Waals surface area contributed by atoms with Gasteiger partial charge in [0.1, 0.15) is 5.58 Å². The van der Waals surface area contributed by atoms with Crippen LogP contribution >= 0.6 is 0 Å². The molecule has 5 nitrogen and oxygen atoms in total. The lowest BCUT2D eigenvalue weighted by Gasteiger charge is -2.19. The van der Waals surface area contributed by atoms with E-state index < -0.39 is 6.61 Å². The average molecular weight is 429 g/mol. The Bertz CT molecular complexity index is 1090. The Labute approximate surface area is 179 Å². The molecule has 1 aliphatic rings. The molecule has 0 N–H and O–H groups in total. The molecule has 7 heteroatoms. The summed E-state index contributed by atoms with van der Waals surface area (Å²) in [6.45, 7) is -0.534. The highest BCUT2D eigenvalue weighted by molar-refractivity contribution is 5.88. The number of hydrogen-bond acceptors (Lipinski definition) is 4. The van der Waals surface area contributed by atoms with Gasteiger partial charge in [0.2, 0.25) is 5.91 Å². The van der Waals surface area contributed by atoms with Crippen molar-refractivity contribution in [3.8, 4) is 11.5 Å². The Morgan fingerprint density at radius 1 is 1.16 bits per heavy atom. The highest BCUT2D eigenvalue weighted by atomic mass is 19.3. The smallest absolute Gasteiger partial charge is 0.387 e. The Morgan fingerprint density at radius 2 is 1.94 bits per heavy atom. The third-order valence-corrected chi connectivity index (χ3v) is 5.58. The Morgan fingerprint density at radius 3 is 2.68 bits per heavy atom. The molecule has 1 amide bonds. The van der Waals surface area contributed by atoms with Gasteiger partial charge in [0.05, 0.1) is 19.3 Å². The lowest BCUT2D eigenvalue weighted by atomic mass is 10.0. The number of aryl methyl sites for hydroxylation is 2. The van der Waals surface area contributed by atoms with E-state index in [2.05, 4.69) is 16.9 Å². The van der Waals surface area contributed by atoms with Gasteiger partial charge in [-0.2, -0.15) is 8.78 Å². The lowest BCUT2D eigenvalue weighted by Crippen LogP contribution is -2.27.